The molecule has 106 valence electrons. The van der Waals surface area contributed by atoms with E-state index in [2.05, 4.69) is 15.1 Å². The number of aryl methyl sites for hydroxylation is 3. The van der Waals surface area contributed by atoms with Crippen LogP contribution in [0.2, 0.25) is 0 Å². The standard InChI is InChI=1S/C15H14N4OS/c1-9-4-6-12(7-5-9)13(20)21-15-17-14-16-10(2)8-11(3)19(14)18-15/h4-8H,1-3H3. The number of nitrogens with zero attached hydrogens (tertiary/aromatic N) is 4. The molecule has 5 nitrogen and oxygen atoms in total. The number of benzene rings is 1. The largest absolute Gasteiger partial charge is 0.281 e. The van der Waals surface area contributed by atoms with E-state index in [1.165, 1.54) is 0 Å². The van der Waals surface area contributed by atoms with Gasteiger partial charge in [-0.2, -0.15) is 4.98 Å². The number of hydrogen-bond acceptors (Lipinski definition) is 5. The monoisotopic (exact) mass is 298 g/mol. The fourth-order valence-electron chi connectivity index (χ4n) is 2.02. The van der Waals surface area contributed by atoms with Gasteiger partial charge in [-0.1, -0.05) is 29.8 Å². The van der Waals surface area contributed by atoms with Crippen molar-refractivity contribution in [1.29, 1.82) is 0 Å². The molecule has 0 amide bonds. The van der Waals surface area contributed by atoms with Crippen molar-refractivity contribution in [2.75, 3.05) is 0 Å². The number of aromatic nitrogens is 4. The van der Waals surface area contributed by atoms with Gasteiger partial charge in [-0.3, -0.25) is 4.79 Å². The van der Waals surface area contributed by atoms with E-state index in [4.69, 9.17) is 0 Å². The second-order valence-electron chi connectivity index (χ2n) is 4.90. The van der Waals surface area contributed by atoms with Gasteiger partial charge in [0.15, 0.2) is 0 Å². The molecule has 0 saturated carbocycles. The summed E-state index contributed by atoms with van der Waals surface area (Å²) in [5.74, 6) is 0.520. The summed E-state index contributed by atoms with van der Waals surface area (Å²) in [6.45, 7) is 5.83. The molecular weight excluding hydrogens is 284 g/mol. The highest BCUT2D eigenvalue weighted by atomic mass is 32.2. The van der Waals surface area contributed by atoms with Crippen molar-refractivity contribution < 1.29 is 4.79 Å². The zero-order valence-electron chi connectivity index (χ0n) is 12.0. The lowest BCUT2D eigenvalue weighted by molar-refractivity contribution is 0.108. The number of hydrogen-bond donors (Lipinski definition) is 0. The summed E-state index contributed by atoms with van der Waals surface area (Å²) in [6, 6.07) is 9.39. The minimum atomic E-state index is -0.0692. The van der Waals surface area contributed by atoms with E-state index >= 15 is 0 Å². The first-order valence-corrected chi connectivity index (χ1v) is 7.34. The zero-order chi connectivity index (χ0) is 15.0. The number of thioether (sulfide) groups is 1. The topological polar surface area (TPSA) is 60.2 Å². The van der Waals surface area contributed by atoms with Crippen LogP contribution in [0.15, 0.2) is 35.5 Å². The van der Waals surface area contributed by atoms with Gasteiger partial charge in [0.2, 0.25) is 10.3 Å². The first-order chi connectivity index (χ1) is 10.0. The van der Waals surface area contributed by atoms with Gasteiger partial charge < -0.3 is 0 Å². The maximum absolute atomic E-state index is 12.2. The molecular formula is C15H14N4OS. The molecule has 2 aromatic heterocycles. The minimum Gasteiger partial charge on any atom is -0.281 e. The van der Waals surface area contributed by atoms with Gasteiger partial charge in [-0.05, 0) is 38.6 Å². The molecule has 0 bridgehead atoms. The normalized spacial score (nSPS) is 11.0. The summed E-state index contributed by atoms with van der Waals surface area (Å²) < 4.78 is 1.65. The van der Waals surface area contributed by atoms with Crippen molar-refractivity contribution in [2.45, 2.75) is 25.9 Å². The molecule has 0 atom stereocenters. The fraction of sp³-hybridized carbons (Fsp3) is 0.200. The van der Waals surface area contributed by atoms with E-state index in [9.17, 15) is 4.79 Å². The fourth-order valence-corrected chi connectivity index (χ4v) is 2.69. The molecule has 0 fully saturated rings. The van der Waals surface area contributed by atoms with Gasteiger partial charge in [0.25, 0.3) is 5.78 Å². The highest BCUT2D eigenvalue weighted by Crippen LogP contribution is 2.20. The SMILES string of the molecule is Cc1ccc(C(=O)Sc2nc3nc(C)cc(C)n3n2)cc1. The van der Waals surface area contributed by atoms with Crippen molar-refractivity contribution in [3.8, 4) is 0 Å². The van der Waals surface area contributed by atoms with Gasteiger partial charge in [0.1, 0.15) is 0 Å². The molecule has 2 heterocycles. The average Bonchev–Trinajstić information content (AvgIpc) is 2.82. The third-order valence-electron chi connectivity index (χ3n) is 3.07. The first kappa shape index (κ1) is 13.8. The lowest BCUT2D eigenvalue weighted by Gasteiger charge is -1.98. The van der Waals surface area contributed by atoms with Crippen LogP contribution < -0.4 is 0 Å². The lowest BCUT2D eigenvalue weighted by Crippen LogP contribution is -1.97. The molecule has 0 aliphatic carbocycles. The Morgan fingerprint density at radius 3 is 2.52 bits per heavy atom. The number of carbonyl (C=O) groups is 1. The third kappa shape index (κ3) is 2.80. The summed E-state index contributed by atoms with van der Waals surface area (Å²) in [5, 5.41) is 4.67. The lowest BCUT2D eigenvalue weighted by atomic mass is 10.2. The molecule has 3 rings (SSSR count). The van der Waals surface area contributed by atoms with Crippen molar-refractivity contribution in [3.05, 3.63) is 52.8 Å². The minimum absolute atomic E-state index is 0.0692. The molecule has 0 aliphatic heterocycles. The van der Waals surface area contributed by atoms with Gasteiger partial charge in [-0.25, -0.2) is 9.50 Å². The Kier molecular flexibility index (Phi) is 3.47. The summed E-state index contributed by atoms with van der Waals surface area (Å²) in [6.07, 6.45) is 0. The summed E-state index contributed by atoms with van der Waals surface area (Å²) in [5.41, 5.74) is 3.59. The Balaban J connectivity index is 1.89. The quantitative estimate of drug-likeness (QED) is 0.681. The van der Waals surface area contributed by atoms with Crippen LogP contribution in [0.3, 0.4) is 0 Å². The number of carbonyl (C=O) groups excluding carboxylic acids is 1. The maximum Gasteiger partial charge on any atom is 0.253 e. The zero-order valence-corrected chi connectivity index (χ0v) is 12.8. The Hall–Kier alpha value is -2.21. The predicted molar refractivity (Wildman–Crippen MR) is 81.6 cm³/mol. The summed E-state index contributed by atoms with van der Waals surface area (Å²) >= 11 is 1.02. The van der Waals surface area contributed by atoms with Crippen LogP contribution >= 0.6 is 11.8 Å². The van der Waals surface area contributed by atoms with Crippen molar-refractivity contribution in [2.24, 2.45) is 0 Å². The number of rotatable bonds is 2. The van der Waals surface area contributed by atoms with Crippen molar-refractivity contribution in [1.82, 2.24) is 19.6 Å². The van der Waals surface area contributed by atoms with E-state index < -0.39 is 0 Å². The van der Waals surface area contributed by atoms with Crippen LogP contribution in [0.5, 0.6) is 0 Å². The molecule has 0 radical (unpaired) electrons. The van der Waals surface area contributed by atoms with E-state index in [1.54, 1.807) is 4.52 Å². The third-order valence-corrected chi connectivity index (χ3v) is 3.85. The second kappa shape index (κ2) is 5.29. The van der Waals surface area contributed by atoms with Crippen LogP contribution in [0.4, 0.5) is 0 Å². The summed E-state index contributed by atoms with van der Waals surface area (Å²) in [4.78, 5) is 20.8. The first-order valence-electron chi connectivity index (χ1n) is 6.53. The molecule has 1 aromatic carbocycles. The van der Waals surface area contributed by atoms with Crippen LogP contribution in [-0.2, 0) is 0 Å². The molecule has 3 aromatic rings. The van der Waals surface area contributed by atoms with Crippen molar-refractivity contribution in [3.63, 3.8) is 0 Å². The Bertz CT molecular complexity index is 824. The number of fused-ring (bicyclic) bond motifs is 1. The van der Waals surface area contributed by atoms with E-state index in [0.717, 1.165) is 28.7 Å². The van der Waals surface area contributed by atoms with Crippen LogP contribution in [0, 0.1) is 20.8 Å². The van der Waals surface area contributed by atoms with Gasteiger partial charge in [0, 0.05) is 17.0 Å². The Morgan fingerprint density at radius 1 is 1.10 bits per heavy atom. The predicted octanol–water partition coefficient (Wildman–Crippen LogP) is 2.98. The van der Waals surface area contributed by atoms with Gasteiger partial charge in [0.05, 0.1) is 0 Å². The Labute approximate surface area is 126 Å². The van der Waals surface area contributed by atoms with Crippen molar-refractivity contribution >= 4 is 22.7 Å². The molecule has 0 spiro atoms. The molecule has 0 unspecified atom stereocenters. The molecule has 21 heavy (non-hydrogen) atoms. The second-order valence-corrected chi connectivity index (χ2v) is 5.84. The molecule has 0 saturated heterocycles. The molecule has 0 N–H and O–H groups in total. The van der Waals surface area contributed by atoms with Gasteiger partial charge >= 0.3 is 0 Å². The Morgan fingerprint density at radius 2 is 1.81 bits per heavy atom. The van der Waals surface area contributed by atoms with E-state index in [-0.39, 0.29) is 5.12 Å². The summed E-state index contributed by atoms with van der Waals surface area (Å²) in [7, 11) is 0. The van der Waals surface area contributed by atoms with Crippen LogP contribution in [0.1, 0.15) is 27.3 Å². The maximum atomic E-state index is 12.2. The highest BCUT2D eigenvalue weighted by molar-refractivity contribution is 8.14. The smallest absolute Gasteiger partial charge is 0.253 e. The van der Waals surface area contributed by atoms with Crippen LogP contribution in [-0.4, -0.2) is 24.7 Å². The average molecular weight is 298 g/mol. The van der Waals surface area contributed by atoms with Crippen LogP contribution in [0.25, 0.3) is 5.78 Å². The van der Waals surface area contributed by atoms with Gasteiger partial charge in [-0.15, -0.1) is 5.10 Å². The van der Waals surface area contributed by atoms with E-state index in [0.29, 0.717) is 16.5 Å². The van der Waals surface area contributed by atoms with E-state index in [1.807, 2.05) is 51.1 Å². The molecule has 6 heteroatoms. The highest BCUT2D eigenvalue weighted by Gasteiger charge is 2.14. The molecule has 0 aliphatic rings.